The van der Waals surface area contributed by atoms with Gasteiger partial charge in [0.15, 0.2) is 5.17 Å². The van der Waals surface area contributed by atoms with Crippen LogP contribution in [0, 0.1) is 5.92 Å². The number of carboxylic acid groups (broad SMARTS) is 1. The van der Waals surface area contributed by atoms with Gasteiger partial charge in [0.05, 0.1) is 28.3 Å². The molecule has 1 aliphatic rings. The standard InChI is InChI=1S/C26H23ClN2O5S/c1-15(2)14-29-24(30)23(35-26(29)28-17-5-7-18(33-3)8-6-17)13-19-9-11-22(34-19)16-4-10-21(27)20(12-16)25(31)32/h4-13,15H,14H2,1-3H3,(H,31,32)/b23-13-,28-26?. The number of aliphatic imine (C=N–C) groups is 1. The van der Waals surface area contributed by atoms with Crippen LogP contribution in [0.15, 0.2) is 68.9 Å². The van der Waals surface area contributed by atoms with Crippen LogP contribution in [0.5, 0.6) is 5.75 Å². The number of nitrogens with zero attached hydrogens (tertiary/aromatic N) is 2. The number of carbonyl (C=O) groups excluding carboxylic acids is 1. The van der Waals surface area contributed by atoms with Crippen molar-refractivity contribution in [2.24, 2.45) is 10.9 Å². The number of carboxylic acids is 1. The highest BCUT2D eigenvalue weighted by Gasteiger charge is 2.34. The summed E-state index contributed by atoms with van der Waals surface area (Å²) in [5.74, 6) is 0.661. The van der Waals surface area contributed by atoms with Gasteiger partial charge >= 0.3 is 5.97 Å². The largest absolute Gasteiger partial charge is 0.497 e. The van der Waals surface area contributed by atoms with Crippen molar-refractivity contribution in [3.8, 4) is 17.1 Å². The number of hydrogen-bond donors (Lipinski definition) is 1. The summed E-state index contributed by atoms with van der Waals surface area (Å²) < 4.78 is 11.1. The lowest BCUT2D eigenvalue weighted by molar-refractivity contribution is -0.122. The van der Waals surface area contributed by atoms with E-state index in [9.17, 15) is 14.7 Å². The quantitative estimate of drug-likeness (QED) is 0.361. The van der Waals surface area contributed by atoms with Crippen molar-refractivity contribution in [2.45, 2.75) is 13.8 Å². The van der Waals surface area contributed by atoms with E-state index in [0.29, 0.717) is 39.4 Å². The van der Waals surface area contributed by atoms with Crippen LogP contribution < -0.4 is 4.74 Å². The molecule has 2 heterocycles. The second-order valence-electron chi connectivity index (χ2n) is 8.21. The number of carbonyl (C=O) groups is 2. The van der Waals surface area contributed by atoms with Crippen LogP contribution in [-0.2, 0) is 4.79 Å². The monoisotopic (exact) mass is 510 g/mol. The zero-order valence-electron chi connectivity index (χ0n) is 19.3. The normalized spacial score (nSPS) is 16.0. The first-order chi connectivity index (χ1) is 16.7. The SMILES string of the molecule is COc1ccc(N=C2S/C(=C\c3ccc(-c4ccc(Cl)c(C(=O)O)c4)o3)C(=O)N2CC(C)C)cc1. The van der Waals surface area contributed by atoms with Gasteiger partial charge in [-0.2, -0.15) is 0 Å². The molecule has 2 aromatic carbocycles. The molecule has 1 N–H and O–H groups in total. The van der Waals surface area contributed by atoms with Crippen molar-refractivity contribution in [1.82, 2.24) is 4.90 Å². The lowest BCUT2D eigenvalue weighted by Crippen LogP contribution is -2.32. The Hall–Kier alpha value is -3.49. The minimum absolute atomic E-state index is 0.00860. The molecule has 0 unspecified atom stereocenters. The Morgan fingerprint density at radius 3 is 2.60 bits per heavy atom. The smallest absolute Gasteiger partial charge is 0.337 e. The summed E-state index contributed by atoms with van der Waals surface area (Å²) in [4.78, 5) is 31.4. The average molecular weight is 511 g/mol. The van der Waals surface area contributed by atoms with E-state index < -0.39 is 5.97 Å². The van der Waals surface area contributed by atoms with Gasteiger partial charge in [-0.15, -0.1) is 0 Å². The Morgan fingerprint density at radius 1 is 1.20 bits per heavy atom. The van der Waals surface area contributed by atoms with Crippen molar-refractivity contribution < 1.29 is 23.8 Å². The molecule has 4 rings (SSSR count). The van der Waals surface area contributed by atoms with Gasteiger partial charge < -0.3 is 14.3 Å². The number of amidine groups is 1. The molecule has 0 atom stereocenters. The fourth-order valence-corrected chi connectivity index (χ4v) is 4.63. The molecule has 9 heteroatoms. The molecule has 0 saturated carbocycles. The average Bonchev–Trinajstić information content (AvgIpc) is 3.40. The van der Waals surface area contributed by atoms with Crippen molar-refractivity contribution in [3.63, 3.8) is 0 Å². The van der Waals surface area contributed by atoms with E-state index >= 15 is 0 Å². The summed E-state index contributed by atoms with van der Waals surface area (Å²) in [5, 5.41) is 10.1. The summed E-state index contributed by atoms with van der Waals surface area (Å²) >= 11 is 7.25. The number of methoxy groups -OCH3 is 1. The first-order valence-electron chi connectivity index (χ1n) is 10.8. The molecule has 1 aromatic heterocycles. The lowest BCUT2D eigenvalue weighted by Gasteiger charge is -2.17. The fourth-order valence-electron chi connectivity index (χ4n) is 3.44. The zero-order valence-corrected chi connectivity index (χ0v) is 20.9. The van der Waals surface area contributed by atoms with Gasteiger partial charge in [0.1, 0.15) is 17.3 Å². The van der Waals surface area contributed by atoms with Crippen molar-refractivity contribution in [3.05, 3.63) is 75.8 Å². The molecule has 35 heavy (non-hydrogen) atoms. The van der Waals surface area contributed by atoms with Crippen LogP contribution in [-0.4, -0.2) is 40.7 Å². The van der Waals surface area contributed by atoms with Gasteiger partial charge in [-0.3, -0.25) is 9.69 Å². The second-order valence-corrected chi connectivity index (χ2v) is 9.63. The Kier molecular flexibility index (Phi) is 7.33. The first-order valence-corrected chi connectivity index (χ1v) is 12.0. The highest BCUT2D eigenvalue weighted by atomic mass is 35.5. The predicted molar refractivity (Wildman–Crippen MR) is 138 cm³/mol. The van der Waals surface area contributed by atoms with E-state index in [2.05, 4.69) is 4.99 Å². The number of halogens is 1. The Balaban J connectivity index is 1.63. The van der Waals surface area contributed by atoms with Crippen LogP contribution >= 0.6 is 23.4 Å². The first kappa shape index (κ1) is 24.6. The summed E-state index contributed by atoms with van der Waals surface area (Å²) in [6, 6.07) is 15.4. The van der Waals surface area contributed by atoms with Crippen LogP contribution in [0.4, 0.5) is 5.69 Å². The van der Waals surface area contributed by atoms with Gasteiger partial charge in [0.2, 0.25) is 0 Å². The molecule has 180 valence electrons. The molecule has 0 spiro atoms. The highest BCUT2D eigenvalue weighted by molar-refractivity contribution is 8.18. The molecule has 1 aliphatic heterocycles. The molecule has 0 aliphatic carbocycles. The maximum Gasteiger partial charge on any atom is 0.337 e. The van der Waals surface area contributed by atoms with E-state index in [1.165, 1.54) is 23.9 Å². The topological polar surface area (TPSA) is 92.3 Å². The molecule has 1 fully saturated rings. The molecular weight excluding hydrogens is 488 g/mol. The van der Waals surface area contributed by atoms with Crippen molar-refractivity contribution in [1.29, 1.82) is 0 Å². The number of aromatic carboxylic acids is 1. The van der Waals surface area contributed by atoms with E-state index in [4.69, 9.17) is 20.8 Å². The fraction of sp³-hybridized carbons (Fsp3) is 0.192. The van der Waals surface area contributed by atoms with E-state index in [1.54, 1.807) is 36.3 Å². The number of furan rings is 1. The summed E-state index contributed by atoms with van der Waals surface area (Å²) in [7, 11) is 1.60. The molecule has 1 saturated heterocycles. The van der Waals surface area contributed by atoms with Crippen molar-refractivity contribution >= 4 is 52.2 Å². The highest BCUT2D eigenvalue weighted by Crippen LogP contribution is 2.36. The third-order valence-electron chi connectivity index (χ3n) is 5.11. The number of amides is 1. The van der Waals surface area contributed by atoms with Gasteiger partial charge in [-0.05, 0) is 72.3 Å². The second kappa shape index (κ2) is 10.4. The van der Waals surface area contributed by atoms with E-state index in [1.807, 2.05) is 38.1 Å². The number of thioether (sulfide) groups is 1. The maximum absolute atomic E-state index is 13.2. The van der Waals surface area contributed by atoms with E-state index in [0.717, 1.165) is 5.75 Å². The molecule has 1 amide bonds. The van der Waals surface area contributed by atoms with Crippen LogP contribution in [0.3, 0.4) is 0 Å². The number of hydrogen-bond acceptors (Lipinski definition) is 6. The molecule has 0 bridgehead atoms. The third kappa shape index (κ3) is 5.61. The lowest BCUT2D eigenvalue weighted by atomic mass is 10.1. The van der Waals surface area contributed by atoms with Crippen LogP contribution in [0.1, 0.15) is 30.0 Å². The minimum atomic E-state index is -1.12. The zero-order chi connectivity index (χ0) is 25.1. The minimum Gasteiger partial charge on any atom is -0.497 e. The Labute approximate surface area is 212 Å². The molecular formula is C26H23ClN2O5S. The molecule has 7 nitrogen and oxygen atoms in total. The van der Waals surface area contributed by atoms with Gasteiger partial charge in [0.25, 0.3) is 5.91 Å². The number of ether oxygens (including phenoxy) is 1. The number of benzene rings is 2. The van der Waals surface area contributed by atoms with E-state index in [-0.39, 0.29) is 22.4 Å². The summed E-state index contributed by atoms with van der Waals surface area (Å²) in [5.41, 5.74) is 1.28. The summed E-state index contributed by atoms with van der Waals surface area (Å²) in [6.45, 7) is 4.62. The van der Waals surface area contributed by atoms with Crippen LogP contribution in [0.2, 0.25) is 5.02 Å². The summed E-state index contributed by atoms with van der Waals surface area (Å²) in [6.07, 6.45) is 1.67. The van der Waals surface area contributed by atoms with Gasteiger partial charge in [-0.25, -0.2) is 9.79 Å². The van der Waals surface area contributed by atoms with Gasteiger partial charge in [-0.1, -0.05) is 25.4 Å². The van der Waals surface area contributed by atoms with Crippen molar-refractivity contribution in [2.75, 3.05) is 13.7 Å². The maximum atomic E-state index is 13.2. The number of rotatable bonds is 7. The Morgan fingerprint density at radius 2 is 1.94 bits per heavy atom. The van der Waals surface area contributed by atoms with Gasteiger partial charge in [0, 0.05) is 18.2 Å². The third-order valence-corrected chi connectivity index (χ3v) is 6.45. The molecule has 0 radical (unpaired) electrons. The van der Waals surface area contributed by atoms with Crippen LogP contribution in [0.25, 0.3) is 17.4 Å². The Bertz CT molecular complexity index is 1330. The molecule has 3 aromatic rings. The predicted octanol–water partition coefficient (Wildman–Crippen LogP) is 6.57.